The van der Waals surface area contributed by atoms with Gasteiger partial charge < -0.3 is 9.47 Å². The standard InChI is InChI=1S/C14H19ClN4O4S/c1-18-8-16-14(12(18)15)24(22,23)17-13(21)9-6-11(20)19(7-9)10-4-2-3-5-10/h8-10H,2-7H2,1H3,(H,17,21)/t9-/m1/s1. The number of imidazole rings is 1. The van der Waals surface area contributed by atoms with Crippen molar-refractivity contribution >= 4 is 33.4 Å². The molecule has 2 aliphatic rings. The lowest BCUT2D eigenvalue weighted by Gasteiger charge is -2.23. The fraction of sp³-hybridized carbons (Fsp3) is 0.643. The molecule has 2 fully saturated rings. The van der Waals surface area contributed by atoms with E-state index in [9.17, 15) is 18.0 Å². The largest absolute Gasteiger partial charge is 0.339 e. The molecule has 1 aromatic rings. The summed E-state index contributed by atoms with van der Waals surface area (Å²) in [6.45, 7) is 0.265. The highest BCUT2D eigenvalue weighted by atomic mass is 35.5. The average molecular weight is 375 g/mol. The van der Waals surface area contributed by atoms with Gasteiger partial charge in [0.15, 0.2) is 0 Å². The second-order valence-electron chi connectivity index (χ2n) is 6.31. The number of aromatic nitrogens is 2. The molecule has 8 nitrogen and oxygen atoms in total. The SMILES string of the molecule is Cn1cnc(S(=O)(=O)NC(=O)[C@@H]2CC(=O)N(C3CCCC3)C2)c1Cl. The number of carbonyl (C=O) groups is 2. The van der Waals surface area contributed by atoms with Crippen molar-refractivity contribution in [3.63, 3.8) is 0 Å². The van der Waals surface area contributed by atoms with Gasteiger partial charge in [0, 0.05) is 26.1 Å². The van der Waals surface area contributed by atoms with E-state index < -0.39 is 26.9 Å². The molecular formula is C14H19ClN4O4S. The molecule has 132 valence electrons. The Kier molecular flexibility index (Phi) is 4.56. The van der Waals surface area contributed by atoms with Crippen LogP contribution in [0.15, 0.2) is 11.4 Å². The number of sulfonamides is 1. The molecule has 10 heteroatoms. The van der Waals surface area contributed by atoms with Crippen LogP contribution in [0, 0.1) is 5.92 Å². The van der Waals surface area contributed by atoms with Crippen LogP contribution in [-0.4, -0.2) is 47.3 Å². The summed E-state index contributed by atoms with van der Waals surface area (Å²) < 4.78 is 27.9. The lowest BCUT2D eigenvalue weighted by Crippen LogP contribution is -2.39. The van der Waals surface area contributed by atoms with E-state index in [-0.39, 0.29) is 30.1 Å². The van der Waals surface area contributed by atoms with Crippen molar-refractivity contribution < 1.29 is 18.0 Å². The maximum atomic E-state index is 12.3. The predicted molar refractivity (Wildman–Crippen MR) is 85.6 cm³/mol. The molecule has 0 unspecified atom stereocenters. The van der Waals surface area contributed by atoms with E-state index in [4.69, 9.17) is 11.6 Å². The van der Waals surface area contributed by atoms with E-state index >= 15 is 0 Å². The van der Waals surface area contributed by atoms with Gasteiger partial charge in [0.25, 0.3) is 10.0 Å². The van der Waals surface area contributed by atoms with Gasteiger partial charge in [0.2, 0.25) is 16.8 Å². The molecule has 1 aromatic heterocycles. The second-order valence-corrected chi connectivity index (χ2v) is 8.26. The number of likely N-dealkylation sites (tertiary alicyclic amines) is 1. The first-order chi connectivity index (χ1) is 11.3. The summed E-state index contributed by atoms with van der Waals surface area (Å²) in [5, 5.41) is -0.470. The highest BCUT2D eigenvalue weighted by Gasteiger charge is 2.40. The summed E-state index contributed by atoms with van der Waals surface area (Å²) in [7, 11) is -2.61. The third-order valence-corrected chi connectivity index (χ3v) is 6.45. The molecule has 1 atom stereocenters. The van der Waals surface area contributed by atoms with Crippen LogP contribution in [0.4, 0.5) is 0 Å². The summed E-state index contributed by atoms with van der Waals surface area (Å²) in [6, 6.07) is 0.178. The summed E-state index contributed by atoms with van der Waals surface area (Å²) >= 11 is 5.88. The van der Waals surface area contributed by atoms with Gasteiger partial charge in [0.05, 0.1) is 12.2 Å². The number of nitrogens with one attached hydrogen (secondary N) is 1. The van der Waals surface area contributed by atoms with E-state index in [1.54, 1.807) is 11.9 Å². The molecule has 24 heavy (non-hydrogen) atoms. The minimum Gasteiger partial charge on any atom is -0.339 e. The number of amides is 2. The van der Waals surface area contributed by atoms with E-state index in [1.807, 2.05) is 4.72 Å². The third-order valence-electron chi connectivity index (χ3n) is 4.62. The monoisotopic (exact) mass is 374 g/mol. The Hall–Kier alpha value is -1.61. The van der Waals surface area contributed by atoms with Gasteiger partial charge in [-0.05, 0) is 12.8 Å². The highest BCUT2D eigenvalue weighted by Crippen LogP contribution is 2.29. The van der Waals surface area contributed by atoms with Gasteiger partial charge in [-0.15, -0.1) is 0 Å². The Balaban J connectivity index is 1.69. The minimum absolute atomic E-state index is 0.0355. The fourth-order valence-electron chi connectivity index (χ4n) is 3.31. The van der Waals surface area contributed by atoms with Gasteiger partial charge in [-0.1, -0.05) is 24.4 Å². The van der Waals surface area contributed by atoms with Crippen molar-refractivity contribution in [1.29, 1.82) is 0 Å². The van der Waals surface area contributed by atoms with Gasteiger partial charge in [-0.3, -0.25) is 9.59 Å². The van der Waals surface area contributed by atoms with E-state index in [0.29, 0.717) is 0 Å². The minimum atomic E-state index is -4.15. The zero-order chi connectivity index (χ0) is 17.5. The molecule has 0 radical (unpaired) electrons. The number of hydrogen-bond donors (Lipinski definition) is 1. The first-order valence-corrected chi connectivity index (χ1v) is 9.68. The summed E-state index contributed by atoms with van der Waals surface area (Å²) in [6.07, 6.45) is 5.34. The summed E-state index contributed by atoms with van der Waals surface area (Å²) in [5.41, 5.74) is 0. The van der Waals surface area contributed by atoms with Gasteiger partial charge in [-0.25, -0.2) is 9.71 Å². The van der Waals surface area contributed by atoms with Crippen LogP contribution in [0.5, 0.6) is 0 Å². The summed E-state index contributed by atoms with van der Waals surface area (Å²) in [5.74, 6) is -1.45. The van der Waals surface area contributed by atoms with Gasteiger partial charge >= 0.3 is 0 Å². The molecule has 0 aromatic carbocycles. The van der Waals surface area contributed by atoms with E-state index in [0.717, 1.165) is 25.7 Å². The normalized spacial score (nSPS) is 22.3. The van der Waals surface area contributed by atoms with Crippen LogP contribution in [0.2, 0.25) is 5.15 Å². The van der Waals surface area contributed by atoms with E-state index in [2.05, 4.69) is 4.98 Å². The van der Waals surface area contributed by atoms with Gasteiger partial charge in [-0.2, -0.15) is 8.42 Å². The van der Waals surface area contributed by atoms with Crippen molar-refractivity contribution in [2.45, 2.75) is 43.2 Å². The Morgan fingerprint density at radius 3 is 2.62 bits per heavy atom. The second kappa shape index (κ2) is 6.36. The molecule has 3 rings (SSSR count). The van der Waals surface area contributed by atoms with Crippen LogP contribution in [0.25, 0.3) is 0 Å². The lowest BCUT2D eigenvalue weighted by molar-refractivity contribution is -0.130. The molecule has 2 heterocycles. The molecule has 2 amide bonds. The maximum absolute atomic E-state index is 12.3. The van der Waals surface area contributed by atoms with Crippen molar-refractivity contribution in [2.24, 2.45) is 13.0 Å². The number of halogens is 1. The zero-order valence-electron chi connectivity index (χ0n) is 13.2. The Morgan fingerprint density at radius 1 is 1.38 bits per heavy atom. The number of hydrogen-bond acceptors (Lipinski definition) is 5. The number of carbonyl (C=O) groups excluding carboxylic acids is 2. The molecule has 1 aliphatic heterocycles. The number of rotatable bonds is 4. The summed E-state index contributed by atoms with van der Waals surface area (Å²) in [4.78, 5) is 29.9. The Labute approximate surface area is 145 Å². The van der Waals surface area contributed by atoms with Crippen LogP contribution < -0.4 is 4.72 Å². The average Bonchev–Trinajstić information content (AvgIpc) is 3.20. The van der Waals surface area contributed by atoms with Crippen molar-refractivity contribution in [3.05, 3.63) is 11.5 Å². The van der Waals surface area contributed by atoms with Crippen LogP contribution in [0.1, 0.15) is 32.1 Å². The smallest absolute Gasteiger partial charge is 0.284 e. The molecule has 1 aliphatic carbocycles. The van der Waals surface area contributed by atoms with Crippen molar-refractivity contribution in [1.82, 2.24) is 19.2 Å². The maximum Gasteiger partial charge on any atom is 0.284 e. The first-order valence-electron chi connectivity index (χ1n) is 7.82. The molecule has 0 bridgehead atoms. The van der Waals surface area contributed by atoms with Crippen molar-refractivity contribution in [3.8, 4) is 0 Å². The van der Waals surface area contributed by atoms with Crippen molar-refractivity contribution in [2.75, 3.05) is 6.54 Å². The predicted octanol–water partition coefficient (Wildman–Crippen LogP) is 0.669. The number of aryl methyl sites for hydroxylation is 1. The van der Waals surface area contributed by atoms with E-state index in [1.165, 1.54) is 10.9 Å². The lowest BCUT2D eigenvalue weighted by atomic mass is 10.1. The third kappa shape index (κ3) is 3.14. The van der Waals surface area contributed by atoms with Crippen LogP contribution >= 0.6 is 11.6 Å². The number of nitrogens with zero attached hydrogens (tertiary/aromatic N) is 3. The molecule has 1 saturated carbocycles. The molecule has 1 N–H and O–H groups in total. The molecule has 1 saturated heterocycles. The first kappa shape index (κ1) is 17.2. The Bertz CT molecular complexity index is 770. The highest BCUT2D eigenvalue weighted by molar-refractivity contribution is 7.90. The molecular weight excluding hydrogens is 356 g/mol. The van der Waals surface area contributed by atoms with Crippen LogP contribution in [0.3, 0.4) is 0 Å². The topological polar surface area (TPSA) is 101 Å². The quantitative estimate of drug-likeness (QED) is 0.834. The fourth-order valence-corrected chi connectivity index (χ4v) is 4.79. The van der Waals surface area contributed by atoms with Gasteiger partial charge in [0.1, 0.15) is 5.15 Å². The molecule has 0 spiro atoms. The zero-order valence-corrected chi connectivity index (χ0v) is 14.8. The van der Waals surface area contributed by atoms with Crippen LogP contribution in [-0.2, 0) is 26.7 Å². The Morgan fingerprint density at radius 2 is 2.04 bits per heavy atom.